The lowest BCUT2D eigenvalue weighted by atomic mass is 10.2. The topological polar surface area (TPSA) is 67.1 Å². The van der Waals surface area contributed by atoms with Gasteiger partial charge in [0.2, 0.25) is 0 Å². The molecule has 3 rings (SSSR count). The van der Waals surface area contributed by atoms with Gasteiger partial charge in [-0.3, -0.25) is 0 Å². The van der Waals surface area contributed by atoms with Gasteiger partial charge in [0.25, 0.3) is 0 Å². The third-order valence-electron chi connectivity index (χ3n) is 3.59. The van der Waals surface area contributed by atoms with Crippen molar-refractivity contribution in [2.24, 2.45) is 5.84 Å². The fourth-order valence-electron chi connectivity index (χ4n) is 2.12. The molecule has 20 heavy (non-hydrogen) atoms. The number of nitrogens with one attached hydrogen (secondary N) is 1. The van der Waals surface area contributed by atoms with E-state index in [0.717, 1.165) is 17.3 Å². The van der Waals surface area contributed by atoms with Gasteiger partial charge in [-0.1, -0.05) is 17.7 Å². The first-order chi connectivity index (χ1) is 9.67. The summed E-state index contributed by atoms with van der Waals surface area (Å²) in [5.74, 6) is 8.41. The lowest BCUT2D eigenvalue weighted by Gasteiger charge is -2.19. The second-order valence-electron chi connectivity index (χ2n) is 5.28. The number of hydrogen-bond donors (Lipinski definition) is 2. The molecule has 1 aliphatic carbocycles. The number of nitrogens with two attached hydrogens (primary N) is 1. The highest BCUT2D eigenvalue weighted by Crippen LogP contribution is 2.39. The van der Waals surface area contributed by atoms with Crippen molar-refractivity contribution in [1.82, 2.24) is 9.97 Å². The molecule has 1 aliphatic rings. The Kier molecular flexibility index (Phi) is 3.28. The molecule has 0 saturated heterocycles. The van der Waals surface area contributed by atoms with E-state index < -0.39 is 0 Å². The average molecular weight is 269 g/mol. The van der Waals surface area contributed by atoms with Gasteiger partial charge < -0.3 is 10.3 Å². The van der Waals surface area contributed by atoms with Gasteiger partial charge in [-0.05, 0) is 31.9 Å². The Labute approximate surface area is 118 Å². The highest BCUT2D eigenvalue weighted by molar-refractivity contribution is 5.62. The van der Waals surface area contributed by atoms with Crippen molar-refractivity contribution in [3.8, 4) is 0 Å². The Hall–Kier alpha value is -2.14. The van der Waals surface area contributed by atoms with Gasteiger partial charge in [-0.15, -0.1) is 0 Å². The van der Waals surface area contributed by atoms with Gasteiger partial charge in [-0.25, -0.2) is 15.8 Å². The van der Waals surface area contributed by atoms with Crippen LogP contribution in [0.3, 0.4) is 0 Å². The summed E-state index contributed by atoms with van der Waals surface area (Å²) in [5.41, 5.74) is 4.97. The molecule has 5 nitrogen and oxygen atoms in total. The second kappa shape index (κ2) is 5.09. The SMILES string of the molecule is Cc1ccc(N(C)c2cc(NN)nc(C3CC3)n2)cc1. The second-order valence-corrected chi connectivity index (χ2v) is 5.28. The van der Waals surface area contributed by atoms with Gasteiger partial charge >= 0.3 is 0 Å². The van der Waals surface area contributed by atoms with Crippen molar-refractivity contribution in [3.63, 3.8) is 0 Å². The number of aromatic nitrogens is 2. The molecule has 0 radical (unpaired) electrons. The van der Waals surface area contributed by atoms with Crippen LogP contribution in [0.15, 0.2) is 30.3 Å². The summed E-state index contributed by atoms with van der Waals surface area (Å²) in [4.78, 5) is 11.1. The van der Waals surface area contributed by atoms with Crippen molar-refractivity contribution >= 4 is 17.3 Å². The molecule has 1 saturated carbocycles. The van der Waals surface area contributed by atoms with Gasteiger partial charge in [0.1, 0.15) is 17.5 Å². The fraction of sp³-hybridized carbons (Fsp3) is 0.333. The summed E-state index contributed by atoms with van der Waals surface area (Å²) in [6, 6.07) is 10.2. The van der Waals surface area contributed by atoms with Crippen LogP contribution in [0.25, 0.3) is 0 Å². The first kappa shape index (κ1) is 12.9. The van der Waals surface area contributed by atoms with Gasteiger partial charge in [-0.2, -0.15) is 0 Å². The van der Waals surface area contributed by atoms with Crippen LogP contribution in [0.4, 0.5) is 17.3 Å². The molecule has 1 fully saturated rings. The monoisotopic (exact) mass is 269 g/mol. The quantitative estimate of drug-likeness (QED) is 0.660. The zero-order valence-electron chi connectivity index (χ0n) is 11.8. The first-order valence-corrected chi connectivity index (χ1v) is 6.83. The molecular weight excluding hydrogens is 250 g/mol. The lowest BCUT2D eigenvalue weighted by Crippen LogP contribution is -2.16. The predicted octanol–water partition coefficient (Wildman–Crippen LogP) is 2.72. The highest BCUT2D eigenvalue weighted by Gasteiger charge is 2.27. The molecule has 0 spiro atoms. The number of nitrogens with zero attached hydrogens (tertiary/aromatic N) is 3. The summed E-state index contributed by atoms with van der Waals surface area (Å²) in [7, 11) is 2.00. The maximum absolute atomic E-state index is 5.51. The number of benzene rings is 1. The van der Waals surface area contributed by atoms with E-state index in [0.29, 0.717) is 11.7 Å². The number of hydrogen-bond acceptors (Lipinski definition) is 5. The average Bonchev–Trinajstić information content (AvgIpc) is 3.31. The molecule has 0 amide bonds. The third kappa shape index (κ3) is 2.58. The summed E-state index contributed by atoms with van der Waals surface area (Å²) in [6.07, 6.45) is 2.34. The van der Waals surface area contributed by atoms with E-state index in [-0.39, 0.29) is 0 Å². The van der Waals surface area contributed by atoms with E-state index >= 15 is 0 Å². The Morgan fingerprint density at radius 2 is 1.90 bits per heavy atom. The molecule has 1 heterocycles. The van der Waals surface area contributed by atoms with Crippen LogP contribution in [0.2, 0.25) is 0 Å². The zero-order valence-corrected chi connectivity index (χ0v) is 11.8. The lowest BCUT2D eigenvalue weighted by molar-refractivity contribution is 0.913. The minimum Gasteiger partial charge on any atom is -0.329 e. The first-order valence-electron chi connectivity index (χ1n) is 6.83. The van der Waals surface area contributed by atoms with Gasteiger partial charge in [0, 0.05) is 24.7 Å². The number of aryl methyl sites for hydroxylation is 1. The van der Waals surface area contributed by atoms with Crippen LogP contribution in [0.5, 0.6) is 0 Å². The van der Waals surface area contributed by atoms with Crippen molar-refractivity contribution in [2.45, 2.75) is 25.7 Å². The molecule has 0 atom stereocenters. The molecule has 0 unspecified atom stereocenters. The Morgan fingerprint density at radius 3 is 2.50 bits per heavy atom. The van der Waals surface area contributed by atoms with Crippen LogP contribution in [-0.4, -0.2) is 17.0 Å². The minimum atomic E-state index is 0.494. The normalized spacial score (nSPS) is 14.2. The predicted molar refractivity (Wildman–Crippen MR) is 81.1 cm³/mol. The molecule has 1 aromatic heterocycles. The smallest absolute Gasteiger partial charge is 0.145 e. The molecule has 3 N–H and O–H groups in total. The van der Waals surface area contributed by atoms with Crippen molar-refractivity contribution in [1.29, 1.82) is 0 Å². The number of anilines is 3. The third-order valence-corrected chi connectivity index (χ3v) is 3.59. The van der Waals surface area contributed by atoms with E-state index in [1.807, 2.05) is 18.0 Å². The minimum absolute atomic E-state index is 0.494. The molecule has 1 aromatic carbocycles. The molecule has 5 heteroatoms. The van der Waals surface area contributed by atoms with Crippen LogP contribution in [0.1, 0.15) is 30.1 Å². The Morgan fingerprint density at radius 1 is 1.20 bits per heavy atom. The number of nitrogen functional groups attached to an aromatic ring is 1. The molecule has 0 aliphatic heterocycles. The van der Waals surface area contributed by atoms with E-state index in [4.69, 9.17) is 5.84 Å². The van der Waals surface area contributed by atoms with Crippen molar-refractivity contribution in [3.05, 3.63) is 41.7 Å². The van der Waals surface area contributed by atoms with E-state index in [9.17, 15) is 0 Å². The van der Waals surface area contributed by atoms with Crippen LogP contribution in [-0.2, 0) is 0 Å². The van der Waals surface area contributed by atoms with E-state index in [2.05, 4.69) is 46.6 Å². The summed E-state index contributed by atoms with van der Waals surface area (Å²) in [5, 5.41) is 0. The number of rotatable bonds is 4. The van der Waals surface area contributed by atoms with E-state index in [1.165, 1.54) is 18.4 Å². The summed E-state index contributed by atoms with van der Waals surface area (Å²) < 4.78 is 0. The standard InChI is InChI=1S/C15H19N5/c1-10-3-7-12(8-4-10)20(2)14-9-13(19-16)17-15(18-14)11-5-6-11/h3-4,7-9,11H,5-6,16H2,1-2H3,(H,17,18,19). The molecule has 104 valence electrons. The largest absolute Gasteiger partial charge is 0.329 e. The molecule has 2 aromatic rings. The maximum atomic E-state index is 5.51. The highest BCUT2D eigenvalue weighted by atomic mass is 15.3. The van der Waals surface area contributed by atoms with Crippen molar-refractivity contribution in [2.75, 3.05) is 17.4 Å². The summed E-state index contributed by atoms with van der Waals surface area (Å²) in [6.45, 7) is 2.08. The Bertz CT molecular complexity index is 604. The van der Waals surface area contributed by atoms with Gasteiger partial charge in [0.05, 0.1) is 0 Å². The summed E-state index contributed by atoms with van der Waals surface area (Å²) >= 11 is 0. The Balaban J connectivity index is 1.95. The van der Waals surface area contributed by atoms with Crippen LogP contribution >= 0.6 is 0 Å². The van der Waals surface area contributed by atoms with Crippen molar-refractivity contribution < 1.29 is 0 Å². The van der Waals surface area contributed by atoms with E-state index in [1.54, 1.807) is 0 Å². The van der Waals surface area contributed by atoms with Crippen LogP contribution in [0, 0.1) is 6.92 Å². The van der Waals surface area contributed by atoms with Gasteiger partial charge in [0.15, 0.2) is 0 Å². The zero-order chi connectivity index (χ0) is 14.1. The molecular formula is C15H19N5. The van der Waals surface area contributed by atoms with Crippen LogP contribution < -0.4 is 16.2 Å². The molecule has 0 bridgehead atoms. The number of hydrazine groups is 1. The maximum Gasteiger partial charge on any atom is 0.145 e. The fourth-order valence-corrected chi connectivity index (χ4v) is 2.12.